The normalized spacial score (nSPS) is 13.9. The molecule has 0 amide bonds. The minimum Gasteiger partial charge on any atom is -0.456 e. The zero-order valence-electron chi connectivity index (χ0n) is 26.6. The van der Waals surface area contributed by atoms with Gasteiger partial charge in [0.05, 0.1) is 5.56 Å². The minimum atomic E-state index is 0.723. The lowest BCUT2D eigenvalue weighted by Gasteiger charge is -2.25. The molecule has 1 nitrogen and oxygen atoms in total. The number of hydrogen-bond donors (Lipinski definition) is 0. The van der Waals surface area contributed by atoms with Gasteiger partial charge in [-0.1, -0.05) is 115 Å². The molecule has 2 aliphatic rings. The van der Waals surface area contributed by atoms with E-state index in [-0.39, 0.29) is 0 Å². The molecule has 9 aromatic rings. The maximum atomic E-state index is 6.37. The van der Waals surface area contributed by atoms with Gasteiger partial charge in [0.25, 0.3) is 0 Å². The molecule has 2 heterocycles. The highest BCUT2D eigenvalue weighted by atomic mass is 32.1. The average Bonchev–Trinajstić information content (AvgIpc) is 3.63. The minimum absolute atomic E-state index is 0.723. The Morgan fingerprint density at radius 3 is 2.27 bits per heavy atom. The molecule has 228 valence electrons. The summed E-state index contributed by atoms with van der Waals surface area (Å²) in [7, 11) is 0. The van der Waals surface area contributed by atoms with E-state index in [0.717, 1.165) is 36.0 Å². The van der Waals surface area contributed by atoms with Gasteiger partial charge < -0.3 is 4.42 Å². The summed E-state index contributed by atoms with van der Waals surface area (Å²) >= 11 is 1.85. The number of rotatable bonds is 3. The number of thiophene rings is 1. The fourth-order valence-corrected chi connectivity index (χ4v) is 9.67. The van der Waals surface area contributed by atoms with E-state index in [1.165, 1.54) is 91.8 Å². The van der Waals surface area contributed by atoms with Crippen LogP contribution in [0.1, 0.15) is 40.0 Å². The lowest BCUT2D eigenvalue weighted by Crippen LogP contribution is -2.04. The summed E-state index contributed by atoms with van der Waals surface area (Å²) in [4.78, 5) is 1.26. The van der Waals surface area contributed by atoms with Crippen molar-refractivity contribution in [3.8, 4) is 34.1 Å². The van der Waals surface area contributed by atoms with Crippen LogP contribution < -0.4 is 0 Å². The van der Waals surface area contributed by atoms with Gasteiger partial charge in [-0.05, 0) is 109 Å². The van der Waals surface area contributed by atoms with Crippen LogP contribution in [0.2, 0.25) is 0 Å². The van der Waals surface area contributed by atoms with Crippen molar-refractivity contribution in [3.05, 3.63) is 148 Å². The van der Waals surface area contributed by atoms with E-state index >= 15 is 0 Å². The third kappa shape index (κ3) is 3.88. The van der Waals surface area contributed by atoms with Gasteiger partial charge in [0, 0.05) is 32.2 Å². The Bertz CT molecular complexity index is 2970. The fourth-order valence-electron chi connectivity index (χ4n) is 8.55. The topological polar surface area (TPSA) is 13.1 Å². The van der Waals surface area contributed by atoms with Gasteiger partial charge in [0.1, 0.15) is 11.2 Å². The molecule has 2 aliphatic carbocycles. The van der Waals surface area contributed by atoms with Crippen molar-refractivity contribution < 1.29 is 4.42 Å². The predicted octanol–water partition coefficient (Wildman–Crippen LogP) is 13.1. The van der Waals surface area contributed by atoms with Crippen LogP contribution in [-0.2, 0) is 6.42 Å². The van der Waals surface area contributed by atoms with Crippen molar-refractivity contribution >= 4 is 82.6 Å². The second kappa shape index (κ2) is 10.3. The average molecular weight is 641 g/mol. The molecule has 0 fully saturated rings. The van der Waals surface area contributed by atoms with E-state index in [1.54, 1.807) is 0 Å². The van der Waals surface area contributed by atoms with Crippen molar-refractivity contribution in [2.24, 2.45) is 0 Å². The molecular formula is C47H28OS. The number of allylic oxidation sites excluding steroid dienone is 2. The zero-order valence-corrected chi connectivity index (χ0v) is 27.5. The van der Waals surface area contributed by atoms with Crippen LogP contribution in [0.15, 0.2) is 126 Å². The Morgan fingerprint density at radius 2 is 1.37 bits per heavy atom. The van der Waals surface area contributed by atoms with Crippen LogP contribution in [0.25, 0.3) is 93.5 Å². The largest absolute Gasteiger partial charge is 0.456 e. The summed E-state index contributed by atoms with van der Waals surface area (Å²) < 4.78 is 7.67. The third-order valence-electron chi connectivity index (χ3n) is 10.6. The van der Waals surface area contributed by atoms with Crippen molar-refractivity contribution in [1.29, 1.82) is 0 Å². The van der Waals surface area contributed by atoms with Gasteiger partial charge in [-0.25, -0.2) is 0 Å². The summed E-state index contributed by atoms with van der Waals surface area (Å²) in [5.41, 5.74) is 13.6. The lowest BCUT2D eigenvalue weighted by molar-refractivity contribution is 0.669. The number of fused-ring (bicyclic) bond motifs is 5. The zero-order chi connectivity index (χ0) is 32.1. The second-order valence-corrected chi connectivity index (χ2v) is 14.3. The highest BCUT2D eigenvalue weighted by molar-refractivity contribution is 7.20. The van der Waals surface area contributed by atoms with E-state index in [1.807, 2.05) is 11.3 Å². The van der Waals surface area contributed by atoms with Crippen LogP contribution in [-0.4, -0.2) is 0 Å². The lowest BCUT2D eigenvalue weighted by atomic mass is 9.78. The number of benzene rings is 7. The Labute approximate surface area is 287 Å². The van der Waals surface area contributed by atoms with Crippen LogP contribution in [0, 0.1) is 11.8 Å². The van der Waals surface area contributed by atoms with E-state index in [0.29, 0.717) is 0 Å². The molecule has 0 atom stereocenters. The van der Waals surface area contributed by atoms with Crippen molar-refractivity contribution in [3.63, 3.8) is 0 Å². The van der Waals surface area contributed by atoms with Gasteiger partial charge in [0.2, 0.25) is 0 Å². The molecule has 0 N–H and O–H groups in total. The van der Waals surface area contributed by atoms with Gasteiger partial charge in [-0.3, -0.25) is 0 Å². The number of furan rings is 1. The molecule has 0 unspecified atom stereocenters. The molecule has 2 aromatic heterocycles. The van der Waals surface area contributed by atoms with Gasteiger partial charge in [-0.15, -0.1) is 11.3 Å². The first-order valence-electron chi connectivity index (χ1n) is 17.0. The maximum Gasteiger partial charge on any atom is 0.136 e. The third-order valence-corrected chi connectivity index (χ3v) is 11.7. The monoisotopic (exact) mass is 640 g/mol. The van der Waals surface area contributed by atoms with E-state index < -0.39 is 0 Å². The summed E-state index contributed by atoms with van der Waals surface area (Å²) in [6.45, 7) is 0. The highest BCUT2D eigenvalue weighted by Crippen LogP contribution is 2.50. The van der Waals surface area contributed by atoms with Crippen molar-refractivity contribution in [1.82, 2.24) is 0 Å². The highest BCUT2D eigenvalue weighted by Gasteiger charge is 2.26. The smallest absolute Gasteiger partial charge is 0.136 e. The number of hydrogen-bond acceptors (Lipinski definition) is 2. The molecule has 7 aromatic carbocycles. The molecule has 0 spiro atoms. The van der Waals surface area contributed by atoms with Crippen molar-refractivity contribution in [2.75, 3.05) is 0 Å². The van der Waals surface area contributed by atoms with Crippen LogP contribution in [0.3, 0.4) is 0 Å². The standard InChI is InChI=1S/C47H28OS/c1-2-16-33(30(14-1)28-12-9-21-32-31-15-7-8-25-42(31)49-43(32)27-28)45-34-17-3-5-19-36(34)46(37-20-6-4-18-35(37)45)39-26-29-13-10-23-40-44(29)47-38(39)22-11-24-41(47)48-40/h1-3,5-8,10-11,13-17,19-20,22-27H,4,12,18H2. The first-order chi connectivity index (χ1) is 24.3. The molecule has 0 radical (unpaired) electrons. The molecular weight excluding hydrogens is 613 g/mol. The van der Waals surface area contributed by atoms with E-state index in [9.17, 15) is 0 Å². The van der Waals surface area contributed by atoms with E-state index in [2.05, 4.69) is 145 Å². The summed E-state index contributed by atoms with van der Waals surface area (Å²) in [5.74, 6) is 7.08. The first kappa shape index (κ1) is 27.1. The molecule has 2 heteroatoms. The summed E-state index contributed by atoms with van der Waals surface area (Å²) in [6, 6.07) is 42.1. The fraction of sp³-hybridized carbons (Fsp3) is 0.0638. The van der Waals surface area contributed by atoms with Gasteiger partial charge in [0.15, 0.2) is 0 Å². The Balaban J connectivity index is 1.20. The predicted molar refractivity (Wildman–Crippen MR) is 209 cm³/mol. The Hall–Kier alpha value is -5.88. The molecule has 0 aliphatic heterocycles. The molecule has 0 saturated heterocycles. The first-order valence-corrected chi connectivity index (χ1v) is 17.8. The molecule has 11 rings (SSSR count). The van der Waals surface area contributed by atoms with Gasteiger partial charge in [-0.2, -0.15) is 0 Å². The van der Waals surface area contributed by atoms with E-state index in [4.69, 9.17) is 4.42 Å². The van der Waals surface area contributed by atoms with Crippen LogP contribution in [0.4, 0.5) is 0 Å². The second-order valence-electron chi connectivity index (χ2n) is 13.2. The van der Waals surface area contributed by atoms with Crippen LogP contribution >= 0.6 is 11.3 Å². The van der Waals surface area contributed by atoms with Crippen molar-refractivity contribution in [2.45, 2.75) is 19.3 Å². The quantitative estimate of drug-likeness (QED) is 0.138. The molecule has 49 heavy (non-hydrogen) atoms. The molecule has 0 bridgehead atoms. The Morgan fingerprint density at radius 1 is 0.633 bits per heavy atom. The van der Waals surface area contributed by atoms with Gasteiger partial charge >= 0.3 is 0 Å². The Kier molecular flexibility index (Phi) is 5.70. The molecule has 0 saturated carbocycles. The van der Waals surface area contributed by atoms with Crippen LogP contribution in [0.5, 0.6) is 0 Å². The maximum absolute atomic E-state index is 6.37. The SMILES string of the molecule is C1#Cc2c(sc3ccccc23)C=C(c2ccccc2-c2c3c(c(-c4cc5cccc6oc7cccc4c7c56)c4ccccc24)C=CCC3)C1. The summed E-state index contributed by atoms with van der Waals surface area (Å²) in [6.07, 6.45) is 9.89. The summed E-state index contributed by atoms with van der Waals surface area (Å²) in [5, 5.41) is 8.74.